The number of sulfonamides is 1. The monoisotopic (exact) mass is 405 g/mol. The largest absolute Gasteiger partial charge is 0.352 e. The van der Waals surface area contributed by atoms with Gasteiger partial charge >= 0.3 is 0 Å². The molecule has 1 saturated heterocycles. The SMILES string of the molecule is NS(=O)(=O)Cc1ccc(CNC(=O)[C@H]2CC(=O)N(c3ccccc3F)C2)cc1. The second-order valence-corrected chi connectivity index (χ2v) is 8.31. The highest BCUT2D eigenvalue weighted by Gasteiger charge is 2.35. The summed E-state index contributed by atoms with van der Waals surface area (Å²) in [5, 5.41) is 7.77. The number of para-hydroxylation sites is 1. The van der Waals surface area contributed by atoms with Crippen LogP contribution in [0.25, 0.3) is 0 Å². The molecule has 0 aromatic heterocycles. The van der Waals surface area contributed by atoms with Crippen LogP contribution in [-0.2, 0) is 31.9 Å². The van der Waals surface area contributed by atoms with Crippen LogP contribution in [0.15, 0.2) is 48.5 Å². The predicted molar refractivity (Wildman–Crippen MR) is 102 cm³/mol. The zero-order valence-electron chi connectivity index (χ0n) is 15.0. The Hall–Kier alpha value is -2.78. The molecular formula is C19H20FN3O4S. The molecular weight excluding hydrogens is 385 g/mol. The lowest BCUT2D eigenvalue weighted by Gasteiger charge is -2.17. The van der Waals surface area contributed by atoms with Crippen molar-refractivity contribution >= 4 is 27.5 Å². The van der Waals surface area contributed by atoms with Gasteiger partial charge in [0, 0.05) is 19.5 Å². The van der Waals surface area contributed by atoms with Gasteiger partial charge in [-0.2, -0.15) is 0 Å². The van der Waals surface area contributed by atoms with Gasteiger partial charge in [0.25, 0.3) is 0 Å². The van der Waals surface area contributed by atoms with Crippen LogP contribution in [0.4, 0.5) is 10.1 Å². The van der Waals surface area contributed by atoms with Gasteiger partial charge in [0.15, 0.2) is 0 Å². The van der Waals surface area contributed by atoms with E-state index in [1.165, 1.54) is 23.1 Å². The molecule has 0 aliphatic carbocycles. The smallest absolute Gasteiger partial charge is 0.227 e. The number of hydrogen-bond acceptors (Lipinski definition) is 4. The van der Waals surface area contributed by atoms with E-state index in [2.05, 4.69) is 5.32 Å². The summed E-state index contributed by atoms with van der Waals surface area (Å²) in [4.78, 5) is 25.9. The minimum absolute atomic E-state index is 0.0213. The van der Waals surface area contributed by atoms with Crippen molar-refractivity contribution < 1.29 is 22.4 Å². The van der Waals surface area contributed by atoms with Crippen molar-refractivity contribution in [1.29, 1.82) is 0 Å². The summed E-state index contributed by atoms with van der Waals surface area (Å²) in [6, 6.07) is 12.6. The molecule has 3 N–H and O–H groups in total. The van der Waals surface area contributed by atoms with E-state index in [1.807, 2.05) is 0 Å². The highest BCUT2D eigenvalue weighted by Crippen LogP contribution is 2.27. The van der Waals surface area contributed by atoms with Crippen LogP contribution in [0.3, 0.4) is 0 Å². The van der Waals surface area contributed by atoms with E-state index in [0.717, 1.165) is 5.56 Å². The number of hydrogen-bond donors (Lipinski definition) is 2. The van der Waals surface area contributed by atoms with Crippen LogP contribution in [0, 0.1) is 11.7 Å². The lowest BCUT2D eigenvalue weighted by Crippen LogP contribution is -2.32. The Bertz CT molecular complexity index is 992. The fourth-order valence-corrected chi connectivity index (χ4v) is 3.76. The number of carbonyl (C=O) groups is 2. The summed E-state index contributed by atoms with van der Waals surface area (Å²) in [5.74, 6) is -1.90. The summed E-state index contributed by atoms with van der Waals surface area (Å²) in [6.45, 7) is 0.359. The first kappa shape index (κ1) is 20.0. The van der Waals surface area contributed by atoms with Crippen LogP contribution < -0.4 is 15.4 Å². The van der Waals surface area contributed by atoms with E-state index in [9.17, 15) is 22.4 Å². The Morgan fingerprint density at radius 2 is 1.79 bits per heavy atom. The highest BCUT2D eigenvalue weighted by molar-refractivity contribution is 7.88. The first-order valence-electron chi connectivity index (χ1n) is 8.64. The van der Waals surface area contributed by atoms with Gasteiger partial charge in [-0.05, 0) is 23.3 Å². The molecule has 0 spiro atoms. The normalized spacial score (nSPS) is 17.0. The highest BCUT2D eigenvalue weighted by atomic mass is 32.2. The van der Waals surface area contributed by atoms with Gasteiger partial charge in [-0.1, -0.05) is 36.4 Å². The lowest BCUT2D eigenvalue weighted by molar-refractivity contribution is -0.126. The lowest BCUT2D eigenvalue weighted by atomic mass is 10.1. The van der Waals surface area contributed by atoms with E-state index in [1.54, 1.807) is 30.3 Å². The maximum atomic E-state index is 13.9. The van der Waals surface area contributed by atoms with Gasteiger partial charge < -0.3 is 10.2 Å². The number of carbonyl (C=O) groups excluding carboxylic acids is 2. The van der Waals surface area contributed by atoms with Gasteiger partial charge in [-0.3, -0.25) is 9.59 Å². The van der Waals surface area contributed by atoms with Crippen molar-refractivity contribution in [2.45, 2.75) is 18.7 Å². The van der Waals surface area contributed by atoms with Crippen molar-refractivity contribution in [3.63, 3.8) is 0 Å². The Kier molecular flexibility index (Phi) is 5.76. The summed E-state index contributed by atoms with van der Waals surface area (Å²) < 4.78 is 36.1. The first-order chi connectivity index (χ1) is 13.2. The van der Waals surface area contributed by atoms with Crippen LogP contribution in [0.1, 0.15) is 17.5 Å². The second kappa shape index (κ2) is 8.07. The predicted octanol–water partition coefficient (Wildman–Crippen LogP) is 1.28. The van der Waals surface area contributed by atoms with Crippen LogP contribution >= 0.6 is 0 Å². The van der Waals surface area contributed by atoms with E-state index in [0.29, 0.717) is 5.56 Å². The molecule has 1 aliphatic heterocycles. The fraction of sp³-hybridized carbons (Fsp3) is 0.263. The Morgan fingerprint density at radius 1 is 1.14 bits per heavy atom. The molecule has 0 unspecified atom stereocenters. The number of nitrogens with zero attached hydrogens (tertiary/aromatic N) is 1. The fourth-order valence-electron chi connectivity index (χ4n) is 3.11. The third-order valence-corrected chi connectivity index (χ3v) is 5.23. The van der Waals surface area contributed by atoms with Gasteiger partial charge in [0.2, 0.25) is 21.8 Å². The van der Waals surface area contributed by atoms with E-state index >= 15 is 0 Å². The van der Waals surface area contributed by atoms with Crippen LogP contribution in [-0.4, -0.2) is 26.8 Å². The molecule has 0 bridgehead atoms. The number of halogens is 1. The summed E-state index contributed by atoms with van der Waals surface area (Å²) in [5.41, 5.74) is 1.51. The number of anilines is 1. The molecule has 7 nitrogen and oxygen atoms in total. The molecule has 0 radical (unpaired) electrons. The van der Waals surface area contributed by atoms with Crippen molar-refractivity contribution in [2.24, 2.45) is 11.1 Å². The number of benzene rings is 2. The molecule has 1 atom stereocenters. The van der Waals surface area contributed by atoms with Gasteiger partial charge in [-0.15, -0.1) is 0 Å². The van der Waals surface area contributed by atoms with Gasteiger partial charge in [0.1, 0.15) is 5.82 Å². The molecule has 9 heteroatoms. The standard InChI is InChI=1S/C19H20FN3O4S/c20-16-3-1-2-4-17(16)23-11-15(9-18(23)24)19(25)22-10-13-5-7-14(8-6-13)12-28(21,26)27/h1-8,15H,9-12H2,(H,22,25)(H2,21,26,27)/t15-/m0/s1. The van der Waals surface area contributed by atoms with Crippen LogP contribution in [0.5, 0.6) is 0 Å². The third kappa shape index (κ3) is 4.93. The Morgan fingerprint density at radius 3 is 2.43 bits per heavy atom. The quantitative estimate of drug-likeness (QED) is 0.754. The van der Waals surface area contributed by atoms with Crippen molar-refractivity contribution in [3.05, 3.63) is 65.5 Å². The van der Waals surface area contributed by atoms with E-state index in [-0.39, 0.29) is 42.8 Å². The third-order valence-electron chi connectivity index (χ3n) is 4.50. The van der Waals surface area contributed by atoms with Crippen molar-refractivity contribution in [3.8, 4) is 0 Å². The average molecular weight is 405 g/mol. The molecule has 1 fully saturated rings. The van der Waals surface area contributed by atoms with Crippen LogP contribution in [0.2, 0.25) is 0 Å². The summed E-state index contributed by atoms with van der Waals surface area (Å²) in [6.07, 6.45) is 0.0213. The zero-order valence-corrected chi connectivity index (χ0v) is 15.8. The minimum atomic E-state index is -3.60. The van der Waals surface area contributed by atoms with E-state index in [4.69, 9.17) is 5.14 Å². The zero-order chi connectivity index (χ0) is 20.3. The van der Waals surface area contributed by atoms with Gasteiger partial charge in [0.05, 0.1) is 17.4 Å². The molecule has 2 aromatic carbocycles. The van der Waals surface area contributed by atoms with Gasteiger partial charge in [-0.25, -0.2) is 17.9 Å². The number of amides is 2. The molecule has 2 aromatic rings. The molecule has 1 aliphatic rings. The molecule has 28 heavy (non-hydrogen) atoms. The first-order valence-corrected chi connectivity index (χ1v) is 10.4. The topological polar surface area (TPSA) is 110 Å². The number of nitrogens with two attached hydrogens (primary N) is 1. The van der Waals surface area contributed by atoms with E-state index < -0.39 is 21.8 Å². The molecule has 1 heterocycles. The average Bonchev–Trinajstić information content (AvgIpc) is 3.02. The number of primary sulfonamides is 1. The second-order valence-electron chi connectivity index (χ2n) is 6.70. The summed E-state index contributed by atoms with van der Waals surface area (Å²) >= 11 is 0. The number of nitrogens with one attached hydrogen (secondary N) is 1. The molecule has 2 amide bonds. The van der Waals surface area contributed by atoms with Crippen molar-refractivity contribution in [1.82, 2.24) is 5.32 Å². The molecule has 148 valence electrons. The Balaban J connectivity index is 1.57. The van der Waals surface area contributed by atoms with Crippen molar-refractivity contribution in [2.75, 3.05) is 11.4 Å². The maximum absolute atomic E-state index is 13.9. The molecule has 3 rings (SSSR count). The Labute approximate surface area is 162 Å². The molecule has 0 saturated carbocycles. The maximum Gasteiger partial charge on any atom is 0.227 e. The minimum Gasteiger partial charge on any atom is -0.352 e. The summed E-state index contributed by atoms with van der Waals surface area (Å²) in [7, 11) is -3.60. The number of rotatable bonds is 6.